The Labute approximate surface area is 74.0 Å². The number of ether oxygens (including phenoxy) is 1. The fourth-order valence-corrected chi connectivity index (χ4v) is 0.376. The Hall–Kier alpha value is -0.830. The third kappa shape index (κ3) is 16.1. The first-order chi connectivity index (χ1) is 5.72. The lowest BCUT2D eigenvalue weighted by molar-refractivity contribution is -0.137. The minimum atomic E-state index is -0.330. The van der Waals surface area contributed by atoms with Crippen molar-refractivity contribution < 1.29 is 14.6 Å². The first-order valence-corrected chi connectivity index (χ1v) is 3.92. The topological polar surface area (TPSA) is 46.5 Å². The van der Waals surface area contributed by atoms with Gasteiger partial charge in [0.15, 0.2) is 0 Å². The van der Waals surface area contributed by atoms with Gasteiger partial charge in [0.25, 0.3) is 0 Å². The molecule has 3 nitrogen and oxygen atoms in total. The van der Waals surface area contributed by atoms with Crippen LogP contribution in [0.2, 0.25) is 0 Å². The first kappa shape index (κ1) is 13.7. The van der Waals surface area contributed by atoms with Crippen LogP contribution in [0.1, 0.15) is 19.8 Å². The highest BCUT2D eigenvalue weighted by atomic mass is 16.5. The normalized spacial score (nSPS) is 7.92. The van der Waals surface area contributed by atoms with Gasteiger partial charge in [0.1, 0.15) is 0 Å². The molecule has 0 aliphatic heterocycles. The third-order valence-electron chi connectivity index (χ3n) is 0.909. The van der Waals surface area contributed by atoms with Gasteiger partial charge in [-0.25, -0.2) is 4.79 Å². The van der Waals surface area contributed by atoms with Crippen LogP contribution in [-0.2, 0) is 9.53 Å². The summed E-state index contributed by atoms with van der Waals surface area (Å²) >= 11 is 0. The summed E-state index contributed by atoms with van der Waals surface area (Å²) in [6, 6.07) is 0. The van der Waals surface area contributed by atoms with Crippen LogP contribution in [0.5, 0.6) is 0 Å². The molecule has 0 amide bonds. The molecular weight excluding hydrogens is 156 g/mol. The maximum absolute atomic E-state index is 10.3. The Morgan fingerprint density at radius 3 is 2.50 bits per heavy atom. The molecule has 0 aromatic carbocycles. The third-order valence-corrected chi connectivity index (χ3v) is 0.909. The van der Waals surface area contributed by atoms with Crippen molar-refractivity contribution in [1.29, 1.82) is 0 Å². The standard InChI is InChI=1S/C7H12O2.C2H5O/c1-3-5-6-9-7(8)4-2;1-2-3/h4H,2-3,5-6H2,1H3;3H,1-2H2. The maximum atomic E-state index is 10.3. The van der Waals surface area contributed by atoms with Crippen molar-refractivity contribution in [3.05, 3.63) is 19.6 Å². The molecule has 0 fully saturated rings. The van der Waals surface area contributed by atoms with Crippen LogP contribution in [0, 0.1) is 6.92 Å². The Bertz CT molecular complexity index is 110. The smallest absolute Gasteiger partial charge is 0.330 e. The van der Waals surface area contributed by atoms with E-state index in [1.54, 1.807) is 0 Å². The Morgan fingerprint density at radius 2 is 2.17 bits per heavy atom. The molecule has 3 heteroatoms. The lowest BCUT2D eigenvalue weighted by atomic mass is 10.4. The Kier molecular flexibility index (Phi) is 14.7. The number of esters is 1. The van der Waals surface area contributed by atoms with Crippen molar-refractivity contribution in [2.45, 2.75) is 19.8 Å². The molecular formula is C9H17O3. The van der Waals surface area contributed by atoms with E-state index < -0.39 is 0 Å². The molecule has 0 aromatic rings. The minimum Gasteiger partial charge on any atom is -0.463 e. The van der Waals surface area contributed by atoms with Crippen molar-refractivity contribution in [2.75, 3.05) is 13.2 Å². The molecule has 0 bridgehead atoms. The molecule has 0 saturated carbocycles. The molecule has 0 atom stereocenters. The van der Waals surface area contributed by atoms with Crippen LogP contribution in [0.15, 0.2) is 12.7 Å². The van der Waals surface area contributed by atoms with Gasteiger partial charge in [0.05, 0.1) is 6.61 Å². The predicted octanol–water partition coefficient (Wildman–Crippen LogP) is 1.33. The number of hydrogen-bond acceptors (Lipinski definition) is 3. The highest BCUT2D eigenvalue weighted by Crippen LogP contribution is 1.88. The van der Waals surface area contributed by atoms with E-state index in [0.717, 1.165) is 12.8 Å². The quantitative estimate of drug-likeness (QED) is 0.396. The first-order valence-electron chi connectivity index (χ1n) is 3.92. The number of aliphatic hydroxyl groups is 1. The van der Waals surface area contributed by atoms with Gasteiger partial charge in [0, 0.05) is 12.7 Å². The van der Waals surface area contributed by atoms with Gasteiger partial charge >= 0.3 is 5.97 Å². The molecule has 0 aliphatic rings. The van der Waals surface area contributed by atoms with Gasteiger partial charge in [-0.1, -0.05) is 19.9 Å². The number of hydrogen-bond donors (Lipinski definition) is 1. The van der Waals surface area contributed by atoms with Crippen LogP contribution in [0.4, 0.5) is 0 Å². The van der Waals surface area contributed by atoms with Gasteiger partial charge in [-0.2, -0.15) is 0 Å². The van der Waals surface area contributed by atoms with E-state index in [0.29, 0.717) is 6.61 Å². The summed E-state index contributed by atoms with van der Waals surface area (Å²) < 4.78 is 4.67. The van der Waals surface area contributed by atoms with Gasteiger partial charge in [0.2, 0.25) is 0 Å². The average molecular weight is 173 g/mol. The summed E-state index contributed by atoms with van der Waals surface area (Å²) in [6.45, 7) is 8.87. The van der Waals surface area contributed by atoms with E-state index in [4.69, 9.17) is 5.11 Å². The SMILES string of the molecule is C=CC(=O)OCCCC.[CH2]CO. The molecule has 0 aliphatic carbocycles. The summed E-state index contributed by atoms with van der Waals surface area (Å²) in [5.74, 6) is -0.330. The molecule has 0 aromatic heterocycles. The van der Waals surface area contributed by atoms with E-state index >= 15 is 0 Å². The molecule has 0 unspecified atom stereocenters. The maximum Gasteiger partial charge on any atom is 0.330 e. The van der Waals surface area contributed by atoms with Crippen LogP contribution in [0.3, 0.4) is 0 Å². The molecule has 0 rings (SSSR count). The number of carbonyl (C=O) groups excluding carboxylic acids is 1. The second-order valence-electron chi connectivity index (χ2n) is 1.95. The largest absolute Gasteiger partial charge is 0.463 e. The van der Waals surface area contributed by atoms with E-state index in [1.807, 2.05) is 6.92 Å². The van der Waals surface area contributed by atoms with Crippen LogP contribution in [-0.4, -0.2) is 24.3 Å². The zero-order valence-electron chi connectivity index (χ0n) is 7.58. The fraction of sp³-hybridized carbons (Fsp3) is 0.556. The molecule has 12 heavy (non-hydrogen) atoms. The van der Waals surface area contributed by atoms with E-state index in [2.05, 4.69) is 18.2 Å². The van der Waals surface area contributed by atoms with Crippen LogP contribution >= 0.6 is 0 Å². The molecule has 1 radical (unpaired) electrons. The summed E-state index contributed by atoms with van der Waals surface area (Å²) in [4.78, 5) is 10.3. The number of rotatable bonds is 4. The zero-order chi connectivity index (χ0) is 9.82. The molecule has 0 heterocycles. The predicted molar refractivity (Wildman–Crippen MR) is 48.5 cm³/mol. The lowest BCUT2D eigenvalue weighted by Gasteiger charge is -1.97. The van der Waals surface area contributed by atoms with Crippen LogP contribution < -0.4 is 0 Å². The van der Waals surface area contributed by atoms with Crippen molar-refractivity contribution in [3.63, 3.8) is 0 Å². The van der Waals surface area contributed by atoms with Crippen molar-refractivity contribution >= 4 is 5.97 Å². The zero-order valence-corrected chi connectivity index (χ0v) is 7.58. The number of carbonyl (C=O) groups is 1. The van der Waals surface area contributed by atoms with Crippen molar-refractivity contribution in [3.8, 4) is 0 Å². The molecule has 71 valence electrons. The average Bonchev–Trinajstić information content (AvgIpc) is 2.06. The Morgan fingerprint density at radius 1 is 1.67 bits per heavy atom. The Balaban J connectivity index is 0. The molecule has 1 N–H and O–H groups in total. The van der Waals surface area contributed by atoms with Gasteiger partial charge in [-0.15, -0.1) is 0 Å². The van der Waals surface area contributed by atoms with Crippen molar-refractivity contribution in [1.82, 2.24) is 0 Å². The minimum absolute atomic E-state index is 0. The second-order valence-corrected chi connectivity index (χ2v) is 1.95. The number of aliphatic hydroxyl groups excluding tert-OH is 1. The molecule has 0 saturated heterocycles. The van der Waals surface area contributed by atoms with E-state index in [1.165, 1.54) is 6.08 Å². The van der Waals surface area contributed by atoms with Gasteiger partial charge < -0.3 is 9.84 Å². The lowest BCUT2D eigenvalue weighted by Crippen LogP contribution is -2.00. The van der Waals surface area contributed by atoms with E-state index in [-0.39, 0.29) is 12.6 Å². The van der Waals surface area contributed by atoms with Crippen LogP contribution in [0.25, 0.3) is 0 Å². The highest BCUT2D eigenvalue weighted by molar-refractivity contribution is 5.81. The summed E-state index contributed by atoms with van der Waals surface area (Å²) in [7, 11) is 0. The fourth-order valence-electron chi connectivity index (χ4n) is 0.376. The number of unbranched alkanes of at least 4 members (excludes halogenated alkanes) is 1. The monoisotopic (exact) mass is 173 g/mol. The van der Waals surface area contributed by atoms with E-state index in [9.17, 15) is 4.79 Å². The summed E-state index contributed by atoms with van der Waals surface area (Å²) in [5, 5.41) is 7.46. The van der Waals surface area contributed by atoms with Crippen molar-refractivity contribution in [2.24, 2.45) is 0 Å². The van der Waals surface area contributed by atoms with Gasteiger partial charge in [-0.05, 0) is 13.3 Å². The highest BCUT2D eigenvalue weighted by Gasteiger charge is 1.91. The second kappa shape index (κ2) is 12.8. The summed E-state index contributed by atoms with van der Waals surface area (Å²) in [6.07, 6.45) is 3.15. The van der Waals surface area contributed by atoms with Gasteiger partial charge in [-0.3, -0.25) is 0 Å². The molecule has 0 spiro atoms. The summed E-state index contributed by atoms with van der Waals surface area (Å²) in [5.41, 5.74) is 0.